The number of halogens is 2. The highest BCUT2D eigenvalue weighted by Crippen LogP contribution is 2.21. The Hall–Kier alpha value is -2.70. The second-order valence-corrected chi connectivity index (χ2v) is 5.47. The number of nitrogens with one attached hydrogen (secondary N) is 1. The molecular formula is C17H18F2N2O3. The summed E-state index contributed by atoms with van der Waals surface area (Å²) in [4.78, 5) is 25.7. The van der Waals surface area contributed by atoms with Crippen molar-refractivity contribution in [1.29, 1.82) is 0 Å². The van der Waals surface area contributed by atoms with Crippen LogP contribution in [-0.2, 0) is 4.79 Å². The molecule has 0 aliphatic rings. The van der Waals surface area contributed by atoms with Gasteiger partial charge in [-0.25, -0.2) is 8.78 Å². The minimum absolute atomic E-state index is 0.103. The van der Waals surface area contributed by atoms with E-state index in [1.54, 1.807) is 13.0 Å². The Labute approximate surface area is 138 Å². The molecule has 0 saturated heterocycles. The Morgan fingerprint density at radius 1 is 1.17 bits per heavy atom. The zero-order chi connectivity index (χ0) is 17.9. The lowest BCUT2D eigenvalue weighted by molar-refractivity contribution is -0.133. The molecule has 0 fully saturated rings. The first-order valence-corrected chi connectivity index (χ1v) is 7.37. The third kappa shape index (κ3) is 3.79. The maximum absolute atomic E-state index is 13.3. The number of furan rings is 1. The van der Waals surface area contributed by atoms with Gasteiger partial charge < -0.3 is 14.6 Å². The van der Waals surface area contributed by atoms with Gasteiger partial charge in [-0.3, -0.25) is 9.59 Å². The van der Waals surface area contributed by atoms with E-state index >= 15 is 0 Å². The van der Waals surface area contributed by atoms with Crippen LogP contribution in [0.2, 0.25) is 0 Å². The van der Waals surface area contributed by atoms with Gasteiger partial charge in [-0.1, -0.05) is 6.07 Å². The zero-order valence-corrected chi connectivity index (χ0v) is 13.5. The van der Waals surface area contributed by atoms with Crippen molar-refractivity contribution in [2.45, 2.75) is 25.9 Å². The second-order valence-electron chi connectivity index (χ2n) is 5.47. The molecule has 5 nitrogen and oxygen atoms in total. The second kappa shape index (κ2) is 7.25. The van der Waals surface area contributed by atoms with Crippen molar-refractivity contribution in [2.24, 2.45) is 0 Å². The van der Waals surface area contributed by atoms with Gasteiger partial charge in [0.1, 0.15) is 6.04 Å². The van der Waals surface area contributed by atoms with E-state index < -0.39 is 29.6 Å². The van der Waals surface area contributed by atoms with Crippen molar-refractivity contribution in [3.63, 3.8) is 0 Å². The van der Waals surface area contributed by atoms with Crippen molar-refractivity contribution in [3.8, 4) is 0 Å². The highest BCUT2D eigenvalue weighted by molar-refractivity contribution is 5.95. The lowest BCUT2D eigenvalue weighted by Crippen LogP contribution is -2.46. The summed E-state index contributed by atoms with van der Waals surface area (Å²) < 4.78 is 31.3. The van der Waals surface area contributed by atoms with E-state index in [-0.39, 0.29) is 11.7 Å². The van der Waals surface area contributed by atoms with Crippen LogP contribution in [0.1, 0.15) is 36.0 Å². The van der Waals surface area contributed by atoms with Gasteiger partial charge in [-0.2, -0.15) is 0 Å². The average Bonchev–Trinajstić information content (AvgIpc) is 3.09. The number of nitrogens with zero attached hydrogens (tertiary/aromatic N) is 1. The van der Waals surface area contributed by atoms with Crippen LogP contribution in [0.15, 0.2) is 41.0 Å². The molecule has 2 aromatic rings. The molecule has 1 aromatic carbocycles. The Bertz CT molecular complexity index is 731. The maximum Gasteiger partial charge on any atom is 0.287 e. The molecule has 128 valence electrons. The molecule has 1 heterocycles. The summed E-state index contributed by atoms with van der Waals surface area (Å²) in [7, 11) is 1.53. The Morgan fingerprint density at radius 2 is 1.88 bits per heavy atom. The van der Waals surface area contributed by atoms with Gasteiger partial charge in [0.15, 0.2) is 17.4 Å². The summed E-state index contributed by atoms with van der Waals surface area (Å²) in [6.07, 6.45) is 1.36. The van der Waals surface area contributed by atoms with Crippen LogP contribution in [0.4, 0.5) is 8.78 Å². The predicted molar refractivity (Wildman–Crippen MR) is 83.2 cm³/mol. The van der Waals surface area contributed by atoms with Gasteiger partial charge in [0.25, 0.3) is 5.91 Å². The van der Waals surface area contributed by atoms with Crippen LogP contribution >= 0.6 is 0 Å². The van der Waals surface area contributed by atoms with Crippen molar-refractivity contribution in [2.75, 3.05) is 7.05 Å². The Kier molecular flexibility index (Phi) is 5.33. The van der Waals surface area contributed by atoms with E-state index in [9.17, 15) is 18.4 Å². The standard InChI is InChI=1S/C17H18F2N2O3/c1-10(20-16(22)15-5-4-8-24-15)17(23)21(3)11(2)12-6-7-13(18)14(19)9-12/h4-11H,1-3H3,(H,20,22). The molecule has 1 aromatic heterocycles. The maximum atomic E-state index is 13.3. The predicted octanol–water partition coefficient (Wildman–Crippen LogP) is 2.90. The van der Waals surface area contributed by atoms with E-state index in [2.05, 4.69) is 5.32 Å². The monoisotopic (exact) mass is 336 g/mol. The minimum Gasteiger partial charge on any atom is -0.459 e. The molecular weight excluding hydrogens is 318 g/mol. The van der Waals surface area contributed by atoms with Crippen molar-refractivity contribution in [1.82, 2.24) is 10.2 Å². The molecule has 7 heteroatoms. The Balaban J connectivity index is 2.04. The molecule has 2 rings (SSSR count). The van der Waals surface area contributed by atoms with Crippen LogP contribution in [0.5, 0.6) is 0 Å². The molecule has 0 spiro atoms. The normalized spacial score (nSPS) is 13.2. The number of rotatable bonds is 5. The van der Waals surface area contributed by atoms with Gasteiger partial charge >= 0.3 is 0 Å². The molecule has 1 N–H and O–H groups in total. The first-order valence-electron chi connectivity index (χ1n) is 7.37. The number of carbonyl (C=O) groups excluding carboxylic acids is 2. The van der Waals surface area contributed by atoms with Crippen LogP contribution in [0.3, 0.4) is 0 Å². The highest BCUT2D eigenvalue weighted by atomic mass is 19.2. The first-order chi connectivity index (χ1) is 11.3. The SMILES string of the molecule is CC(NC(=O)c1ccco1)C(=O)N(C)C(C)c1ccc(F)c(F)c1. The molecule has 0 bridgehead atoms. The molecule has 2 amide bonds. The van der Waals surface area contributed by atoms with Gasteiger partial charge in [-0.05, 0) is 43.7 Å². The number of carbonyl (C=O) groups is 2. The molecule has 2 atom stereocenters. The largest absolute Gasteiger partial charge is 0.459 e. The summed E-state index contributed by atoms with van der Waals surface area (Å²) in [6.45, 7) is 3.23. The number of amides is 2. The van der Waals surface area contributed by atoms with E-state index in [0.29, 0.717) is 5.56 Å². The summed E-state index contributed by atoms with van der Waals surface area (Å²) in [6, 6.07) is 5.24. The fourth-order valence-corrected chi connectivity index (χ4v) is 2.23. The third-order valence-electron chi connectivity index (χ3n) is 3.82. The quantitative estimate of drug-likeness (QED) is 0.913. The summed E-state index contributed by atoms with van der Waals surface area (Å²) in [5.74, 6) is -2.69. The highest BCUT2D eigenvalue weighted by Gasteiger charge is 2.25. The van der Waals surface area contributed by atoms with Crippen LogP contribution in [0, 0.1) is 11.6 Å². The smallest absolute Gasteiger partial charge is 0.287 e. The number of hydrogen-bond donors (Lipinski definition) is 1. The first kappa shape index (κ1) is 17.7. The molecule has 0 aliphatic heterocycles. The van der Waals surface area contributed by atoms with Crippen molar-refractivity contribution < 1.29 is 22.8 Å². The average molecular weight is 336 g/mol. The van der Waals surface area contributed by atoms with Gasteiger partial charge in [0.05, 0.1) is 12.3 Å². The van der Waals surface area contributed by atoms with Gasteiger partial charge in [0, 0.05) is 7.05 Å². The van der Waals surface area contributed by atoms with E-state index in [4.69, 9.17) is 4.42 Å². The molecule has 0 saturated carbocycles. The van der Waals surface area contributed by atoms with E-state index in [0.717, 1.165) is 12.1 Å². The molecule has 2 unspecified atom stereocenters. The minimum atomic E-state index is -0.973. The fraction of sp³-hybridized carbons (Fsp3) is 0.294. The van der Waals surface area contributed by atoms with Gasteiger partial charge in [-0.15, -0.1) is 0 Å². The number of hydrogen-bond acceptors (Lipinski definition) is 3. The summed E-state index contributed by atoms with van der Waals surface area (Å²) in [5.41, 5.74) is 0.453. The summed E-state index contributed by atoms with van der Waals surface area (Å²) in [5, 5.41) is 2.53. The topological polar surface area (TPSA) is 62.6 Å². The Morgan fingerprint density at radius 3 is 2.46 bits per heavy atom. The molecule has 24 heavy (non-hydrogen) atoms. The summed E-state index contributed by atoms with van der Waals surface area (Å²) >= 11 is 0. The number of likely N-dealkylation sites (N-methyl/N-ethyl adjacent to an activating group) is 1. The van der Waals surface area contributed by atoms with Crippen molar-refractivity contribution >= 4 is 11.8 Å². The lowest BCUT2D eigenvalue weighted by Gasteiger charge is -2.28. The van der Waals surface area contributed by atoms with E-state index in [1.807, 2.05) is 0 Å². The molecule has 0 radical (unpaired) electrons. The fourth-order valence-electron chi connectivity index (χ4n) is 2.23. The zero-order valence-electron chi connectivity index (χ0n) is 13.5. The van der Waals surface area contributed by atoms with Crippen LogP contribution in [-0.4, -0.2) is 29.8 Å². The number of benzene rings is 1. The lowest BCUT2D eigenvalue weighted by atomic mass is 10.1. The van der Waals surface area contributed by atoms with Gasteiger partial charge in [0.2, 0.25) is 5.91 Å². The van der Waals surface area contributed by atoms with Crippen molar-refractivity contribution in [3.05, 3.63) is 59.6 Å². The van der Waals surface area contributed by atoms with E-state index in [1.165, 1.54) is 37.3 Å². The van der Waals surface area contributed by atoms with Crippen LogP contribution < -0.4 is 5.32 Å². The third-order valence-corrected chi connectivity index (χ3v) is 3.82. The molecule has 0 aliphatic carbocycles. The van der Waals surface area contributed by atoms with Crippen LogP contribution in [0.25, 0.3) is 0 Å².